The van der Waals surface area contributed by atoms with Crippen molar-refractivity contribution in [3.8, 4) is 0 Å². The first-order chi connectivity index (χ1) is 14.5. The molecule has 7 nitrogen and oxygen atoms in total. The zero-order valence-electron chi connectivity index (χ0n) is 18.3. The molecule has 168 valence electrons. The van der Waals surface area contributed by atoms with E-state index in [-0.39, 0.29) is 24.8 Å². The number of alkyl carbamates (subject to hydrolysis) is 1. The number of ether oxygens (including phenoxy) is 1. The summed E-state index contributed by atoms with van der Waals surface area (Å²) in [5.74, 6) is -0.698. The Labute approximate surface area is 184 Å². The highest BCUT2D eigenvalue weighted by molar-refractivity contribution is 7.90. The van der Waals surface area contributed by atoms with E-state index >= 15 is 0 Å². The van der Waals surface area contributed by atoms with Crippen molar-refractivity contribution in [3.05, 3.63) is 70.8 Å². The minimum Gasteiger partial charge on any atom is -0.445 e. The molecule has 0 aliphatic rings. The number of aryl methyl sites for hydroxylation is 2. The molecule has 0 aromatic heterocycles. The molecule has 0 fully saturated rings. The Hall–Kier alpha value is -2.87. The molecule has 8 heteroatoms. The molecule has 2 rings (SSSR count). The molecule has 0 aliphatic heterocycles. The van der Waals surface area contributed by atoms with Crippen molar-refractivity contribution in [2.24, 2.45) is 0 Å². The van der Waals surface area contributed by atoms with E-state index in [1.165, 1.54) is 0 Å². The second-order valence-electron chi connectivity index (χ2n) is 7.77. The minimum atomic E-state index is -3.31. The van der Waals surface area contributed by atoms with Crippen molar-refractivity contribution < 1.29 is 22.7 Å². The maximum atomic E-state index is 12.9. The zero-order valence-corrected chi connectivity index (χ0v) is 19.2. The van der Waals surface area contributed by atoms with Crippen LogP contribution in [0.25, 0.3) is 0 Å². The van der Waals surface area contributed by atoms with Gasteiger partial charge in [0.15, 0.2) is 0 Å². The zero-order chi connectivity index (χ0) is 23.0. The monoisotopic (exact) mass is 446 g/mol. The highest BCUT2D eigenvalue weighted by Gasteiger charge is 2.25. The normalized spacial score (nSPS) is 13.2. The molecule has 31 heavy (non-hydrogen) atoms. The maximum Gasteiger partial charge on any atom is 0.408 e. The van der Waals surface area contributed by atoms with E-state index < -0.39 is 27.9 Å². The van der Waals surface area contributed by atoms with Gasteiger partial charge in [0.05, 0.1) is 11.8 Å². The van der Waals surface area contributed by atoms with Gasteiger partial charge in [0.2, 0.25) is 5.91 Å². The summed E-state index contributed by atoms with van der Waals surface area (Å²) in [7, 11) is -3.31. The van der Waals surface area contributed by atoms with Crippen LogP contribution in [-0.2, 0) is 26.0 Å². The summed E-state index contributed by atoms with van der Waals surface area (Å²) in [6.45, 7) is 5.82. The third-order valence-electron chi connectivity index (χ3n) is 4.86. The lowest BCUT2D eigenvalue weighted by Crippen LogP contribution is -2.48. The summed E-state index contributed by atoms with van der Waals surface area (Å²) < 4.78 is 28.4. The second kappa shape index (κ2) is 10.9. The van der Waals surface area contributed by atoms with E-state index in [4.69, 9.17) is 4.74 Å². The lowest BCUT2D eigenvalue weighted by Gasteiger charge is -2.22. The van der Waals surface area contributed by atoms with Gasteiger partial charge in [0, 0.05) is 6.26 Å². The first kappa shape index (κ1) is 24.4. The molecule has 2 atom stereocenters. The Kier molecular flexibility index (Phi) is 8.62. The minimum absolute atomic E-state index is 0.0476. The van der Waals surface area contributed by atoms with E-state index in [2.05, 4.69) is 10.6 Å². The van der Waals surface area contributed by atoms with Gasteiger partial charge in [-0.15, -0.1) is 0 Å². The smallest absolute Gasteiger partial charge is 0.408 e. The van der Waals surface area contributed by atoms with Crippen LogP contribution in [0.2, 0.25) is 0 Å². The van der Waals surface area contributed by atoms with Gasteiger partial charge < -0.3 is 15.4 Å². The molecule has 2 unspecified atom stereocenters. The standard InChI is InChI=1S/C23H30N2O5S/c1-16-10-11-17(2)20(14-16)18(3)24-22(26)21(12-13-31(4,28)29)25-23(27)30-15-19-8-6-5-7-9-19/h5-11,14,18,21H,12-13,15H2,1-4H3,(H,24,26)(H,25,27). The summed E-state index contributed by atoms with van der Waals surface area (Å²) in [6.07, 6.45) is 0.260. The van der Waals surface area contributed by atoms with Crippen LogP contribution < -0.4 is 10.6 Å². The first-order valence-electron chi connectivity index (χ1n) is 10.1. The third-order valence-corrected chi connectivity index (χ3v) is 5.84. The van der Waals surface area contributed by atoms with Crippen LogP contribution in [0.4, 0.5) is 4.79 Å². The van der Waals surface area contributed by atoms with Crippen LogP contribution in [0, 0.1) is 13.8 Å². The Bertz CT molecular complexity index is 1010. The highest BCUT2D eigenvalue weighted by Crippen LogP contribution is 2.19. The van der Waals surface area contributed by atoms with Crippen molar-refractivity contribution in [2.75, 3.05) is 12.0 Å². The van der Waals surface area contributed by atoms with E-state index in [1.807, 2.05) is 69.3 Å². The second-order valence-corrected chi connectivity index (χ2v) is 10.0. The van der Waals surface area contributed by atoms with Crippen LogP contribution in [0.3, 0.4) is 0 Å². The molecule has 2 amide bonds. The Morgan fingerprint density at radius 1 is 1.03 bits per heavy atom. The average molecular weight is 447 g/mol. The first-order valence-corrected chi connectivity index (χ1v) is 12.1. The summed E-state index contributed by atoms with van der Waals surface area (Å²) in [6, 6.07) is 13.8. The molecule has 2 aromatic carbocycles. The predicted molar refractivity (Wildman–Crippen MR) is 120 cm³/mol. The Balaban J connectivity index is 2.05. The van der Waals surface area contributed by atoms with Gasteiger partial charge in [0.25, 0.3) is 0 Å². The topological polar surface area (TPSA) is 102 Å². The molecule has 0 bridgehead atoms. The molecule has 0 saturated carbocycles. The van der Waals surface area contributed by atoms with E-state index in [0.717, 1.165) is 28.5 Å². The van der Waals surface area contributed by atoms with Crippen LogP contribution in [0.15, 0.2) is 48.5 Å². The molecule has 0 radical (unpaired) electrons. The number of sulfone groups is 1. The van der Waals surface area contributed by atoms with Gasteiger partial charge in [-0.05, 0) is 43.9 Å². The highest BCUT2D eigenvalue weighted by atomic mass is 32.2. The number of carbonyl (C=O) groups excluding carboxylic acids is 2. The van der Waals surface area contributed by atoms with Gasteiger partial charge in [-0.2, -0.15) is 0 Å². The quantitative estimate of drug-likeness (QED) is 0.616. The van der Waals surface area contributed by atoms with Crippen molar-refractivity contribution in [3.63, 3.8) is 0 Å². The van der Waals surface area contributed by atoms with Gasteiger partial charge in [-0.3, -0.25) is 4.79 Å². The number of hydrogen-bond donors (Lipinski definition) is 2. The molecule has 2 N–H and O–H groups in total. The van der Waals surface area contributed by atoms with E-state index in [0.29, 0.717) is 0 Å². The molecular weight excluding hydrogens is 416 g/mol. The van der Waals surface area contributed by atoms with Crippen molar-refractivity contribution >= 4 is 21.8 Å². The number of hydrogen-bond acceptors (Lipinski definition) is 5. The number of nitrogens with one attached hydrogen (secondary N) is 2. The summed E-state index contributed by atoms with van der Waals surface area (Å²) in [5, 5.41) is 5.38. The van der Waals surface area contributed by atoms with Crippen LogP contribution in [-0.4, -0.2) is 38.5 Å². The third kappa shape index (κ3) is 8.41. The molecular formula is C23H30N2O5S. The Morgan fingerprint density at radius 2 is 1.71 bits per heavy atom. The summed E-state index contributed by atoms with van der Waals surface area (Å²) in [5.41, 5.74) is 3.86. The van der Waals surface area contributed by atoms with Crippen molar-refractivity contribution in [1.82, 2.24) is 10.6 Å². The summed E-state index contributed by atoms with van der Waals surface area (Å²) >= 11 is 0. The molecule has 0 heterocycles. The molecule has 0 spiro atoms. The summed E-state index contributed by atoms with van der Waals surface area (Å²) in [4.78, 5) is 25.1. The lowest BCUT2D eigenvalue weighted by atomic mass is 9.99. The molecule has 0 saturated heterocycles. The van der Waals surface area contributed by atoms with Gasteiger partial charge in [-0.1, -0.05) is 54.1 Å². The predicted octanol–water partition coefficient (Wildman–Crippen LogP) is 3.21. The van der Waals surface area contributed by atoms with Crippen LogP contribution >= 0.6 is 0 Å². The van der Waals surface area contributed by atoms with Gasteiger partial charge in [0.1, 0.15) is 22.5 Å². The van der Waals surface area contributed by atoms with Crippen LogP contribution in [0.1, 0.15) is 41.6 Å². The molecule has 0 aliphatic carbocycles. The van der Waals surface area contributed by atoms with Gasteiger partial charge >= 0.3 is 6.09 Å². The fourth-order valence-corrected chi connectivity index (χ4v) is 3.79. The maximum absolute atomic E-state index is 12.9. The molecule has 2 aromatic rings. The van der Waals surface area contributed by atoms with Crippen LogP contribution in [0.5, 0.6) is 0 Å². The van der Waals surface area contributed by atoms with Gasteiger partial charge in [-0.25, -0.2) is 13.2 Å². The van der Waals surface area contributed by atoms with Crippen molar-refractivity contribution in [1.29, 1.82) is 0 Å². The van der Waals surface area contributed by atoms with E-state index in [9.17, 15) is 18.0 Å². The lowest BCUT2D eigenvalue weighted by molar-refractivity contribution is -0.123. The SMILES string of the molecule is Cc1ccc(C)c(C(C)NC(=O)C(CCS(C)(=O)=O)NC(=O)OCc2ccccc2)c1. The van der Waals surface area contributed by atoms with E-state index in [1.54, 1.807) is 0 Å². The fourth-order valence-electron chi connectivity index (χ4n) is 3.13. The number of amides is 2. The number of rotatable bonds is 9. The Morgan fingerprint density at radius 3 is 2.35 bits per heavy atom. The fraction of sp³-hybridized carbons (Fsp3) is 0.391. The average Bonchev–Trinajstić information content (AvgIpc) is 2.71. The number of benzene rings is 2. The largest absolute Gasteiger partial charge is 0.445 e. The van der Waals surface area contributed by atoms with Crippen molar-refractivity contribution in [2.45, 2.75) is 45.9 Å². The number of carbonyl (C=O) groups is 2.